The first-order valence-electron chi connectivity index (χ1n) is 8.63. The topological polar surface area (TPSA) is 122 Å². The second-order valence-electron chi connectivity index (χ2n) is 6.24. The zero-order chi connectivity index (χ0) is 19.5. The molecule has 0 spiro atoms. The maximum atomic E-state index is 11.4. The van der Waals surface area contributed by atoms with Crippen LogP contribution < -0.4 is 10.6 Å². The molecule has 0 bridgehead atoms. The molecule has 3 N–H and O–H groups in total. The van der Waals surface area contributed by atoms with Gasteiger partial charge in [-0.05, 0) is 43.3 Å². The summed E-state index contributed by atoms with van der Waals surface area (Å²) in [5.74, 6) is 0.668. The number of anilines is 3. The van der Waals surface area contributed by atoms with Crippen LogP contribution in [-0.4, -0.2) is 25.1 Å². The van der Waals surface area contributed by atoms with Crippen LogP contribution in [0.15, 0.2) is 60.9 Å². The lowest BCUT2D eigenvalue weighted by molar-refractivity contribution is -0.384. The number of aromatic amines is 1. The average molecular weight is 375 g/mol. The molecule has 0 amide bonds. The van der Waals surface area contributed by atoms with Crippen LogP contribution in [0.4, 0.5) is 23.0 Å². The lowest BCUT2D eigenvalue weighted by atomic mass is 10.2. The van der Waals surface area contributed by atoms with E-state index in [-0.39, 0.29) is 17.5 Å². The maximum absolute atomic E-state index is 11.4. The standard InChI is InChI=1S/C19H17N7O2/c1-12(15-4-2-3-9-20-15)22-18-8-7-17(26(27)28)19(24-18)23-14-5-6-16-13(10-14)11-21-25-16/h2-12H,1H3,(H,21,25)(H2,22,23,24). The van der Waals surface area contributed by atoms with Gasteiger partial charge < -0.3 is 10.6 Å². The molecule has 140 valence electrons. The molecule has 0 aliphatic heterocycles. The van der Waals surface area contributed by atoms with Gasteiger partial charge in [0.15, 0.2) is 0 Å². The Labute approximate surface area is 160 Å². The predicted octanol–water partition coefficient (Wildman–Crippen LogP) is 4.18. The molecule has 0 saturated carbocycles. The van der Waals surface area contributed by atoms with Crippen LogP contribution in [0, 0.1) is 10.1 Å². The predicted molar refractivity (Wildman–Crippen MR) is 107 cm³/mol. The van der Waals surface area contributed by atoms with Crippen molar-refractivity contribution in [3.8, 4) is 0 Å². The summed E-state index contributed by atoms with van der Waals surface area (Å²) in [6.45, 7) is 1.95. The van der Waals surface area contributed by atoms with Gasteiger partial charge in [0.25, 0.3) is 0 Å². The second-order valence-corrected chi connectivity index (χ2v) is 6.24. The molecule has 9 heteroatoms. The van der Waals surface area contributed by atoms with Crippen LogP contribution in [0.2, 0.25) is 0 Å². The molecule has 4 rings (SSSR count). The molecular formula is C19H17N7O2. The summed E-state index contributed by atoms with van der Waals surface area (Å²) >= 11 is 0. The molecule has 9 nitrogen and oxygen atoms in total. The summed E-state index contributed by atoms with van der Waals surface area (Å²) in [7, 11) is 0. The Kier molecular flexibility index (Phi) is 4.55. The summed E-state index contributed by atoms with van der Waals surface area (Å²) in [6.07, 6.45) is 3.41. The number of hydrogen-bond acceptors (Lipinski definition) is 7. The quantitative estimate of drug-likeness (QED) is 0.341. The Hall–Kier alpha value is -4.01. The molecule has 3 aromatic heterocycles. The number of aromatic nitrogens is 4. The van der Waals surface area contributed by atoms with Crippen molar-refractivity contribution in [2.24, 2.45) is 0 Å². The van der Waals surface area contributed by atoms with Crippen LogP contribution in [-0.2, 0) is 0 Å². The van der Waals surface area contributed by atoms with E-state index < -0.39 is 4.92 Å². The summed E-state index contributed by atoms with van der Waals surface area (Å²) in [5, 5.41) is 25.4. The molecule has 0 radical (unpaired) electrons. The van der Waals surface area contributed by atoms with Gasteiger partial charge in [-0.25, -0.2) is 4.98 Å². The lowest BCUT2D eigenvalue weighted by Gasteiger charge is -2.15. The number of rotatable bonds is 6. The fourth-order valence-electron chi connectivity index (χ4n) is 2.86. The zero-order valence-electron chi connectivity index (χ0n) is 15.0. The first-order valence-corrected chi connectivity index (χ1v) is 8.63. The highest BCUT2D eigenvalue weighted by Crippen LogP contribution is 2.29. The molecule has 0 fully saturated rings. The van der Waals surface area contributed by atoms with E-state index in [1.807, 2.05) is 43.3 Å². The first-order chi connectivity index (χ1) is 13.6. The van der Waals surface area contributed by atoms with Gasteiger partial charge in [-0.1, -0.05) is 6.07 Å². The minimum Gasteiger partial charge on any atom is -0.362 e. The Morgan fingerprint density at radius 1 is 1.18 bits per heavy atom. The van der Waals surface area contributed by atoms with Crippen molar-refractivity contribution in [3.05, 3.63) is 76.7 Å². The van der Waals surface area contributed by atoms with E-state index in [1.54, 1.807) is 18.5 Å². The van der Waals surface area contributed by atoms with Gasteiger partial charge >= 0.3 is 5.69 Å². The number of benzene rings is 1. The number of hydrogen-bond donors (Lipinski definition) is 3. The Morgan fingerprint density at radius 2 is 2.07 bits per heavy atom. The van der Waals surface area contributed by atoms with Crippen LogP contribution in [0.3, 0.4) is 0 Å². The van der Waals surface area contributed by atoms with Gasteiger partial charge in [-0.15, -0.1) is 0 Å². The van der Waals surface area contributed by atoms with Crippen molar-refractivity contribution in [2.75, 3.05) is 10.6 Å². The molecular weight excluding hydrogens is 358 g/mol. The van der Waals surface area contributed by atoms with Gasteiger partial charge in [0, 0.05) is 23.3 Å². The van der Waals surface area contributed by atoms with Crippen LogP contribution in [0.25, 0.3) is 10.9 Å². The highest BCUT2D eigenvalue weighted by Gasteiger charge is 2.18. The minimum atomic E-state index is -0.461. The number of nitro groups is 1. The van der Waals surface area contributed by atoms with Crippen LogP contribution >= 0.6 is 0 Å². The minimum absolute atomic E-state index is 0.106. The van der Waals surface area contributed by atoms with E-state index >= 15 is 0 Å². The number of pyridine rings is 2. The maximum Gasteiger partial charge on any atom is 0.311 e. The van der Waals surface area contributed by atoms with Crippen molar-refractivity contribution in [3.63, 3.8) is 0 Å². The monoisotopic (exact) mass is 375 g/mol. The number of nitrogens with zero attached hydrogens (tertiary/aromatic N) is 4. The average Bonchev–Trinajstić information content (AvgIpc) is 3.16. The molecule has 28 heavy (non-hydrogen) atoms. The van der Waals surface area contributed by atoms with Crippen molar-refractivity contribution in [1.29, 1.82) is 0 Å². The van der Waals surface area contributed by atoms with Gasteiger partial charge in [-0.3, -0.25) is 20.2 Å². The smallest absolute Gasteiger partial charge is 0.311 e. The summed E-state index contributed by atoms with van der Waals surface area (Å²) in [6, 6.07) is 14.1. The number of H-pyrrole nitrogens is 1. The fraction of sp³-hybridized carbons (Fsp3) is 0.105. The van der Waals surface area contributed by atoms with Gasteiger partial charge in [0.2, 0.25) is 5.82 Å². The van der Waals surface area contributed by atoms with Gasteiger partial charge in [0.1, 0.15) is 5.82 Å². The van der Waals surface area contributed by atoms with Gasteiger partial charge in [-0.2, -0.15) is 5.10 Å². The highest BCUT2D eigenvalue weighted by molar-refractivity contribution is 5.83. The van der Waals surface area contributed by atoms with Crippen molar-refractivity contribution in [2.45, 2.75) is 13.0 Å². The molecule has 0 saturated heterocycles. The van der Waals surface area contributed by atoms with Crippen molar-refractivity contribution >= 4 is 33.9 Å². The summed E-state index contributed by atoms with van der Waals surface area (Å²) < 4.78 is 0. The molecule has 1 unspecified atom stereocenters. The van der Waals surface area contributed by atoms with E-state index in [2.05, 4.69) is 30.8 Å². The normalized spacial score (nSPS) is 11.9. The Balaban J connectivity index is 1.62. The van der Waals surface area contributed by atoms with E-state index in [4.69, 9.17) is 0 Å². The second kappa shape index (κ2) is 7.31. The number of nitrogens with one attached hydrogen (secondary N) is 3. The van der Waals surface area contributed by atoms with E-state index in [0.29, 0.717) is 11.5 Å². The number of fused-ring (bicyclic) bond motifs is 1. The molecule has 4 aromatic rings. The Bertz CT molecular complexity index is 1130. The Morgan fingerprint density at radius 3 is 2.86 bits per heavy atom. The van der Waals surface area contributed by atoms with E-state index in [9.17, 15) is 10.1 Å². The van der Waals surface area contributed by atoms with Gasteiger partial charge in [0.05, 0.1) is 28.4 Å². The molecule has 0 aliphatic carbocycles. The zero-order valence-corrected chi connectivity index (χ0v) is 15.0. The van der Waals surface area contributed by atoms with Crippen LogP contribution in [0.1, 0.15) is 18.7 Å². The van der Waals surface area contributed by atoms with E-state index in [1.165, 1.54) is 6.07 Å². The SMILES string of the molecule is CC(Nc1ccc([N+](=O)[O-])c(Nc2ccc3[nH]ncc3c2)n1)c1ccccn1. The van der Waals surface area contributed by atoms with Crippen LogP contribution in [0.5, 0.6) is 0 Å². The third-order valence-electron chi connectivity index (χ3n) is 4.27. The fourth-order valence-corrected chi connectivity index (χ4v) is 2.86. The highest BCUT2D eigenvalue weighted by atomic mass is 16.6. The lowest BCUT2D eigenvalue weighted by Crippen LogP contribution is -2.10. The summed E-state index contributed by atoms with van der Waals surface area (Å²) in [5.41, 5.74) is 2.30. The van der Waals surface area contributed by atoms with Crippen molar-refractivity contribution < 1.29 is 4.92 Å². The molecule has 0 aliphatic rings. The molecule has 1 atom stereocenters. The van der Waals surface area contributed by atoms with Crippen molar-refractivity contribution in [1.82, 2.24) is 20.2 Å². The largest absolute Gasteiger partial charge is 0.362 e. The molecule has 1 aromatic carbocycles. The third-order valence-corrected chi connectivity index (χ3v) is 4.27. The summed E-state index contributed by atoms with van der Waals surface area (Å²) in [4.78, 5) is 19.7. The molecule has 3 heterocycles. The third kappa shape index (κ3) is 3.58. The van der Waals surface area contributed by atoms with E-state index in [0.717, 1.165) is 16.6 Å². The first kappa shape index (κ1) is 17.4.